The Morgan fingerprint density at radius 2 is 1.94 bits per heavy atom. The van der Waals surface area contributed by atoms with Gasteiger partial charge >= 0.3 is 0 Å². The first-order valence-corrected chi connectivity index (χ1v) is 11.5. The standard InChI is InChI=1S/C24H27ClN4O2S/c1-6-13-29-22(16-7-9-17(10-8-16)24(2,3)4)27-28-23(29)32-15-21(30)26-19-14-18(25)11-12-20(19)31-5/h6-12,14H,1,13,15H2,2-5H3,(H,26,30). The van der Waals surface area contributed by atoms with Crippen molar-refractivity contribution >= 4 is 35.0 Å². The number of ether oxygens (including phenoxy) is 1. The zero-order valence-electron chi connectivity index (χ0n) is 18.7. The number of anilines is 1. The molecule has 0 atom stereocenters. The number of carbonyl (C=O) groups excluding carboxylic acids is 1. The molecule has 3 aromatic rings. The van der Waals surface area contributed by atoms with Crippen LogP contribution in [0.25, 0.3) is 11.4 Å². The fourth-order valence-electron chi connectivity index (χ4n) is 3.12. The second kappa shape index (κ2) is 10.2. The van der Waals surface area contributed by atoms with Crippen molar-refractivity contribution in [1.29, 1.82) is 0 Å². The Balaban J connectivity index is 1.75. The van der Waals surface area contributed by atoms with Crippen molar-refractivity contribution in [3.8, 4) is 17.1 Å². The van der Waals surface area contributed by atoms with E-state index in [9.17, 15) is 4.79 Å². The first kappa shape index (κ1) is 23.9. The molecule has 0 spiro atoms. The topological polar surface area (TPSA) is 69.0 Å². The van der Waals surface area contributed by atoms with E-state index >= 15 is 0 Å². The summed E-state index contributed by atoms with van der Waals surface area (Å²) in [4.78, 5) is 12.5. The van der Waals surface area contributed by atoms with Gasteiger partial charge in [-0.2, -0.15) is 0 Å². The number of carbonyl (C=O) groups is 1. The number of thioether (sulfide) groups is 1. The third-order valence-electron chi connectivity index (χ3n) is 4.81. The molecule has 1 N–H and O–H groups in total. The van der Waals surface area contributed by atoms with Crippen LogP contribution in [0.15, 0.2) is 60.3 Å². The van der Waals surface area contributed by atoms with E-state index in [1.54, 1.807) is 31.4 Å². The van der Waals surface area contributed by atoms with Gasteiger partial charge in [-0.25, -0.2) is 0 Å². The summed E-state index contributed by atoms with van der Waals surface area (Å²) in [7, 11) is 1.54. The van der Waals surface area contributed by atoms with Crippen LogP contribution >= 0.6 is 23.4 Å². The Hall–Kier alpha value is -2.77. The summed E-state index contributed by atoms with van der Waals surface area (Å²) in [5.41, 5.74) is 2.82. The zero-order valence-corrected chi connectivity index (χ0v) is 20.3. The summed E-state index contributed by atoms with van der Waals surface area (Å²) in [6, 6.07) is 13.4. The molecule has 0 saturated carbocycles. The van der Waals surface area contributed by atoms with Gasteiger partial charge in [-0.1, -0.05) is 74.5 Å². The average Bonchev–Trinajstić information content (AvgIpc) is 3.15. The Morgan fingerprint density at radius 3 is 2.56 bits per heavy atom. The van der Waals surface area contributed by atoms with Gasteiger partial charge in [-0.15, -0.1) is 16.8 Å². The number of amides is 1. The molecule has 8 heteroatoms. The molecule has 1 amide bonds. The van der Waals surface area contributed by atoms with E-state index in [0.717, 1.165) is 11.4 Å². The van der Waals surface area contributed by atoms with Gasteiger partial charge < -0.3 is 10.1 Å². The van der Waals surface area contributed by atoms with Crippen molar-refractivity contribution in [2.75, 3.05) is 18.2 Å². The van der Waals surface area contributed by atoms with E-state index in [2.05, 4.69) is 67.1 Å². The zero-order chi connectivity index (χ0) is 23.3. The van der Waals surface area contributed by atoms with Crippen molar-refractivity contribution in [3.63, 3.8) is 0 Å². The maximum atomic E-state index is 12.5. The monoisotopic (exact) mass is 470 g/mol. The number of rotatable bonds is 8. The number of hydrogen-bond acceptors (Lipinski definition) is 5. The summed E-state index contributed by atoms with van der Waals surface area (Å²) < 4.78 is 7.23. The smallest absolute Gasteiger partial charge is 0.234 e. The van der Waals surface area contributed by atoms with E-state index in [4.69, 9.17) is 16.3 Å². The molecule has 1 aromatic heterocycles. The summed E-state index contributed by atoms with van der Waals surface area (Å²) in [5.74, 6) is 1.25. The number of allylic oxidation sites excluding steroid dienone is 1. The number of nitrogens with one attached hydrogen (secondary N) is 1. The van der Waals surface area contributed by atoms with Crippen LogP contribution in [0.3, 0.4) is 0 Å². The molecular weight excluding hydrogens is 444 g/mol. The highest BCUT2D eigenvalue weighted by Crippen LogP contribution is 2.30. The summed E-state index contributed by atoms with van der Waals surface area (Å²) in [5, 5.41) is 12.7. The molecule has 0 bridgehead atoms. The molecular formula is C24H27ClN4O2S. The number of benzene rings is 2. The summed E-state index contributed by atoms with van der Waals surface area (Å²) >= 11 is 7.35. The third-order valence-corrected chi connectivity index (χ3v) is 6.01. The van der Waals surface area contributed by atoms with Crippen LogP contribution in [0.5, 0.6) is 5.75 Å². The summed E-state index contributed by atoms with van der Waals surface area (Å²) in [6.45, 7) is 10.9. The molecule has 0 aliphatic carbocycles. The van der Waals surface area contributed by atoms with Crippen molar-refractivity contribution in [2.24, 2.45) is 0 Å². The number of nitrogens with zero attached hydrogens (tertiary/aromatic N) is 3. The molecule has 0 saturated heterocycles. The average molecular weight is 471 g/mol. The molecule has 0 unspecified atom stereocenters. The summed E-state index contributed by atoms with van der Waals surface area (Å²) in [6.07, 6.45) is 1.79. The number of aromatic nitrogens is 3. The highest BCUT2D eigenvalue weighted by atomic mass is 35.5. The lowest BCUT2D eigenvalue weighted by Gasteiger charge is -2.19. The number of halogens is 1. The largest absolute Gasteiger partial charge is 0.495 e. The molecule has 1 heterocycles. The van der Waals surface area contributed by atoms with Gasteiger partial charge in [-0.05, 0) is 29.2 Å². The van der Waals surface area contributed by atoms with Gasteiger partial charge in [0.15, 0.2) is 11.0 Å². The molecule has 0 aliphatic rings. The molecule has 3 rings (SSSR count). The molecule has 32 heavy (non-hydrogen) atoms. The molecule has 0 aliphatic heterocycles. The lowest BCUT2D eigenvalue weighted by molar-refractivity contribution is -0.113. The van der Waals surface area contributed by atoms with Crippen molar-refractivity contribution in [1.82, 2.24) is 14.8 Å². The van der Waals surface area contributed by atoms with Crippen LogP contribution < -0.4 is 10.1 Å². The van der Waals surface area contributed by atoms with Gasteiger partial charge in [0.1, 0.15) is 5.75 Å². The second-order valence-corrected chi connectivity index (χ2v) is 9.59. The maximum Gasteiger partial charge on any atom is 0.234 e. The molecule has 168 valence electrons. The first-order chi connectivity index (χ1) is 15.2. The van der Waals surface area contributed by atoms with E-state index in [-0.39, 0.29) is 17.1 Å². The predicted molar refractivity (Wildman–Crippen MR) is 132 cm³/mol. The minimum absolute atomic E-state index is 0.0767. The van der Waals surface area contributed by atoms with Crippen molar-refractivity contribution in [2.45, 2.75) is 37.9 Å². The van der Waals surface area contributed by atoms with E-state index < -0.39 is 0 Å². The van der Waals surface area contributed by atoms with Gasteiger partial charge in [0.2, 0.25) is 5.91 Å². The Kier molecular flexibility index (Phi) is 7.64. The lowest BCUT2D eigenvalue weighted by atomic mass is 9.87. The van der Waals surface area contributed by atoms with E-state index in [0.29, 0.717) is 28.2 Å². The Morgan fingerprint density at radius 1 is 1.22 bits per heavy atom. The quantitative estimate of drug-likeness (QED) is 0.331. The first-order valence-electron chi connectivity index (χ1n) is 10.1. The number of methoxy groups -OCH3 is 1. The Labute approximate surface area is 198 Å². The van der Waals surface area contributed by atoms with Crippen LogP contribution in [0.4, 0.5) is 5.69 Å². The molecule has 0 radical (unpaired) electrons. The second-order valence-electron chi connectivity index (χ2n) is 8.21. The maximum absolute atomic E-state index is 12.5. The van der Waals surface area contributed by atoms with Crippen LogP contribution in [0.1, 0.15) is 26.3 Å². The SMILES string of the molecule is C=CCn1c(SCC(=O)Nc2cc(Cl)ccc2OC)nnc1-c1ccc(C(C)(C)C)cc1. The fourth-order valence-corrected chi connectivity index (χ4v) is 4.04. The Bertz CT molecular complexity index is 1100. The molecule has 0 fully saturated rings. The number of hydrogen-bond donors (Lipinski definition) is 1. The van der Waals surface area contributed by atoms with Gasteiger partial charge in [0.05, 0.1) is 18.6 Å². The molecule has 2 aromatic carbocycles. The molecule has 6 nitrogen and oxygen atoms in total. The normalized spacial score (nSPS) is 11.3. The lowest BCUT2D eigenvalue weighted by Crippen LogP contribution is -2.15. The van der Waals surface area contributed by atoms with E-state index in [1.807, 2.05) is 4.57 Å². The van der Waals surface area contributed by atoms with Gasteiger partial charge in [-0.3, -0.25) is 9.36 Å². The third kappa shape index (κ3) is 5.72. The van der Waals surface area contributed by atoms with Crippen LogP contribution in [0, 0.1) is 0 Å². The van der Waals surface area contributed by atoms with Crippen molar-refractivity contribution in [3.05, 3.63) is 65.7 Å². The van der Waals surface area contributed by atoms with Crippen molar-refractivity contribution < 1.29 is 9.53 Å². The minimum atomic E-state index is -0.195. The van der Waals surface area contributed by atoms with Gasteiger partial charge in [0, 0.05) is 17.1 Å². The van der Waals surface area contributed by atoms with Crippen LogP contribution in [-0.2, 0) is 16.8 Å². The fraction of sp³-hybridized carbons (Fsp3) is 0.292. The highest BCUT2D eigenvalue weighted by Gasteiger charge is 2.18. The van der Waals surface area contributed by atoms with Crippen LogP contribution in [0.2, 0.25) is 5.02 Å². The van der Waals surface area contributed by atoms with Gasteiger partial charge in [0.25, 0.3) is 0 Å². The highest BCUT2D eigenvalue weighted by molar-refractivity contribution is 7.99. The minimum Gasteiger partial charge on any atom is -0.495 e. The van der Waals surface area contributed by atoms with Crippen LogP contribution in [-0.4, -0.2) is 33.5 Å². The van der Waals surface area contributed by atoms with E-state index in [1.165, 1.54) is 17.3 Å². The predicted octanol–water partition coefficient (Wildman–Crippen LogP) is 5.82.